The van der Waals surface area contributed by atoms with Crippen molar-refractivity contribution in [2.24, 2.45) is 0 Å². The highest BCUT2D eigenvalue weighted by molar-refractivity contribution is 7.19. The number of halogens is 2. The third-order valence-corrected chi connectivity index (χ3v) is 5.53. The lowest BCUT2D eigenvalue weighted by molar-refractivity contribution is 0.293. The Hall–Kier alpha value is -2.61. The van der Waals surface area contributed by atoms with Crippen LogP contribution in [0.1, 0.15) is 5.82 Å². The number of hydrogen-bond donors (Lipinski definition) is 1. The summed E-state index contributed by atoms with van der Waals surface area (Å²) in [6.07, 6.45) is 0. The van der Waals surface area contributed by atoms with Crippen LogP contribution >= 0.6 is 34.5 Å². The van der Waals surface area contributed by atoms with Crippen molar-refractivity contribution in [3.05, 3.63) is 64.4 Å². The molecule has 0 aliphatic heterocycles. The quantitative estimate of drug-likeness (QED) is 0.436. The van der Waals surface area contributed by atoms with Crippen molar-refractivity contribution in [1.29, 1.82) is 0 Å². The molecule has 0 atom stereocenters. The van der Waals surface area contributed by atoms with Crippen LogP contribution in [0, 0.1) is 0 Å². The number of rotatable bonds is 4. The second-order valence-corrected chi connectivity index (χ2v) is 7.65. The maximum Gasteiger partial charge on any atom is 0.235 e. The summed E-state index contributed by atoms with van der Waals surface area (Å²) in [5.41, 5.74) is 2.01. The second-order valence-electron chi connectivity index (χ2n) is 5.85. The van der Waals surface area contributed by atoms with Crippen LogP contribution in [0.4, 0.5) is 0 Å². The molecule has 0 bridgehead atoms. The minimum Gasteiger partial charge on any atom is -0.484 e. The van der Waals surface area contributed by atoms with Gasteiger partial charge < -0.3 is 9.72 Å². The van der Waals surface area contributed by atoms with Crippen LogP contribution in [0.3, 0.4) is 0 Å². The molecule has 27 heavy (non-hydrogen) atoms. The molecule has 0 aliphatic carbocycles. The highest BCUT2D eigenvalue weighted by Crippen LogP contribution is 2.30. The normalized spacial score (nSPS) is 11.5. The van der Waals surface area contributed by atoms with Gasteiger partial charge in [0.1, 0.15) is 12.4 Å². The van der Waals surface area contributed by atoms with E-state index in [0.29, 0.717) is 26.6 Å². The molecule has 0 aliphatic rings. The Balaban J connectivity index is 1.44. The molecule has 3 heterocycles. The van der Waals surface area contributed by atoms with Crippen molar-refractivity contribution >= 4 is 50.4 Å². The molecular weight excluding hydrogens is 405 g/mol. The Morgan fingerprint density at radius 2 is 1.96 bits per heavy atom. The van der Waals surface area contributed by atoms with Crippen LogP contribution < -0.4 is 4.74 Å². The summed E-state index contributed by atoms with van der Waals surface area (Å²) in [6.45, 7) is 0.193. The summed E-state index contributed by atoms with van der Waals surface area (Å²) in [7, 11) is 0. The summed E-state index contributed by atoms with van der Waals surface area (Å²) in [6, 6.07) is 15.3. The predicted molar refractivity (Wildman–Crippen MR) is 107 cm³/mol. The molecule has 0 saturated heterocycles. The van der Waals surface area contributed by atoms with Crippen molar-refractivity contribution in [3.8, 4) is 16.5 Å². The van der Waals surface area contributed by atoms with Gasteiger partial charge in [-0.05, 0) is 30.3 Å². The number of benzene rings is 2. The van der Waals surface area contributed by atoms with Gasteiger partial charge in [-0.2, -0.15) is 9.61 Å². The van der Waals surface area contributed by atoms with Gasteiger partial charge in [-0.1, -0.05) is 52.7 Å². The SMILES string of the molecule is Clc1ccc(OCc2nnc3sc(-c4cc5ccccc5[nH]4)nn23)c(Cl)c1. The number of H-pyrrole nitrogens is 1. The first kappa shape index (κ1) is 16.6. The maximum atomic E-state index is 6.14. The zero-order chi connectivity index (χ0) is 18.4. The van der Waals surface area contributed by atoms with E-state index in [0.717, 1.165) is 21.6 Å². The van der Waals surface area contributed by atoms with E-state index >= 15 is 0 Å². The van der Waals surface area contributed by atoms with Crippen LogP contribution in [-0.4, -0.2) is 24.8 Å². The summed E-state index contributed by atoms with van der Waals surface area (Å²) < 4.78 is 7.44. The summed E-state index contributed by atoms with van der Waals surface area (Å²) in [5.74, 6) is 1.12. The highest BCUT2D eigenvalue weighted by Gasteiger charge is 2.15. The van der Waals surface area contributed by atoms with E-state index in [1.165, 1.54) is 11.3 Å². The fourth-order valence-electron chi connectivity index (χ4n) is 2.78. The number of nitrogens with zero attached hydrogens (tertiary/aromatic N) is 4. The molecule has 0 saturated carbocycles. The lowest BCUT2D eigenvalue weighted by Crippen LogP contribution is -2.02. The summed E-state index contributed by atoms with van der Waals surface area (Å²) in [4.78, 5) is 4.08. The molecule has 9 heteroatoms. The van der Waals surface area contributed by atoms with E-state index in [2.05, 4.69) is 32.4 Å². The maximum absolute atomic E-state index is 6.14. The Kier molecular flexibility index (Phi) is 4.00. The van der Waals surface area contributed by atoms with Gasteiger partial charge in [-0.15, -0.1) is 10.2 Å². The van der Waals surface area contributed by atoms with Gasteiger partial charge >= 0.3 is 0 Å². The van der Waals surface area contributed by atoms with Gasteiger partial charge in [0.15, 0.2) is 10.8 Å². The van der Waals surface area contributed by atoms with Crippen LogP contribution in [-0.2, 0) is 6.61 Å². The van der Waals surface area contributed by atoms with Crippen molar-refractivity contribution in [3.63, 3.8) is 0 Å². The molecule has 0 amide bonds. The molecule has 0 unspecified atom stereocenters. The Morgan fingerprint density at radius 1 is 1.07 bits per heavy atom. The highest BCUT2D eigenvalue weighted by atomic mass is 35.5. The Morgan fingerprint density at radius 3 is 2.81 bits per heavy atom. The molecule has 0 fully saturated rings. The average Bonchev–Trinajstić information content (AvgIpc) is 3.34. The largest absolute Gasteiger partial charge is 0.484 e. The van der Waals surface area contributed by atoms with Crippen molar-refractivity contribution in [1.82, 2.24) is 24.8 Å². The fraction of sp³-hybridized carbons (Fsp3) is 0.0556. The van der Waals surface area contributed by atoms with Crippen LogP contribution in [0.5, 0.6) is 5.75 Å². The molecule has 6 nitrogen and oxygen atoms in total. The topological polar surface area (TPSA) is 68.1 Å². The smallest absolute Gasteiger partial charge is 0.235 e. The standard InChI is InChI=1S/C18H11Cl2N5OS/c19-11-5-6-15(12(20)8-11)26-9-16-22-23-18-25(16)24-17(27-18)14-7-10-3-1-2-4-13(10)21-14/h1-8,21H,9H2. The number of para-hydroxylation sites is 1. The molecule has 0 radical (unpaired) electrons. The van der Waals surface area contributed by atoms with Gasteiger partial charge in [0.05, 0.1) is 10.7 Å². The molecule has 5 rings (SSSR count). The fourth-order valence-corrected chi connectivity index (χ4v) is 4.07. The van der Waals surface area contributed by atoms with Gasteiger partial charge in [0.25, 0.3) is 0 Å². The van der Waals surface area contributed by atoms with Gasteiger partial charge in [0, 0.05) is 15.9 Å². The van der Waals surface area contributed by atoms with E-state index in [1.807, 2.05) is 18.2 Å². The third-order valence-electron chi connectivity index (χ3n) is 4.07. The summed E-state index contributed by atoms with van der Waals surface area (Å²) >= 11 is 13.5. The van der Waals surface area contributed by atoms with Gasteiger partial charge in [-0.3, -0.25) is 0 Å². The van der Waals surface area contributed by atoms with E-state index in [9.17, 15) is 0 Å². The molecule has 1 N–H and O–H groups in total. The minimum absolute atomic E-state index is 0.193. The van der Waals surface area contributed by atoms with Crippen molar-refractivity contribution in [2.45, 2.75) is 6.61 Å². The van der Waals surface area contributed by atoms with Gasteiger partial charge in [-0.25, -0.2) is 0 Å². The number of fused-ring (bicyclic) bond motifs is 2. The molecule has 0 spiro atoms. The molecule has 134 valence electrons. The monoisotopic (exact) mass is 415 g/mol. The predicted octanol–water partition coefficient (Wildman–Crippen LogP) is 5.22. The zero-order valence-electron chi connectivity index (χ0n) is 13.7. The van der Waals surface area contributed by atoms with Crippen LogP contribution in [0.2, 0.25) is 10.0 Å². The average molecular weight is 416 g/mol. The van der Waals surface area contributed by atoms with E-state index in [-0.39, 0.29) is 6.61 Å². The van der Waals surface area contributed by atoms with Crippen molar-refractivity contribution < 1.29 is 4.74 Å². The lowest BCUT2D eigenvalue weighted by atomic mass is 10.2. The molecule has 2 aromatic carbocycles. The molecule has 5 aromatic rings. The number of hydrogen-bond acceptors (Lipinski definition) is 5. The Labute approximate surface area is 167 Å². The molecular formula is C18H11Cl2N5OS. The van der Waals surface area contributed by atoms with Crippen LogP contribution in [0.15, 0.2) is 48.5 Å². The number of ether oxygens (including phenoxy) is 1. The Bertz CT molecular complexity index is 1240. The van der Waals surface area contributed by atoms with E-state index in [4.69, 9.17) is 27.9 Å². The third kappa shape index (κ3) is 3.03. The van der Waals surface area contributed by atoms with Gasteiger partial charge in [0.2, 0.25) is 4.96 Å². The van der Waals surface area contributed by atoms with E-state index in [1.54, 1.807) is 22.7 Å². The first-order chi connectivity index (χ1) is 13.2. The minimum atomic E-state index is 0.193. The number of aromatic amines is 1. The van der Waals surface area contributed by atoms with Crippen molar-refractivity contribution in [2.75, 3.05) is 0 Å². The number of aromatic nitrogens is 5. The molecule has 3 aromatic heterocycles. The zero-order valence-corrected chi connectivity index (χ0v) is 16.0. The lowest BCUT2D eigenvalue weighted by Gasteiger charge is -2.06. The van der Waals surface area contributed by atoms with Crippen LogP contribution in [0.25, 0.3) is 26.6 Å². The first-order valence-electron chi connectivity index (χ1n) is 8.04. The summed E-state index contributed by atoms with van der Waals surface area (Å²) in [5, 5.41) is 15.9. The number of nitrogens with one attached hydrogen (secondary N) is 1. The second kappa shape index (κ2) is 6.53. The first-order valence-corrected chi connectivity index (χ1v) is 9.62. The van der Waals surface area contributed by atoms with E-state index < -0.39 is 0 Å².